The van der Waals surface area contributed by atoms with Crippen LogP contribution in [0.1, 0.15) is 34.3 Å². The number of likely N-dealkylation sites (tertiary alicyclic amines) is 1. The molecule has 2 heterocycles. The maximum atomic E-state index is 13.4. The molecule has 2 aliphatic rings. The number of hydrogen-bond acceptors (Lipinski definition) is 4. The van der Waals surface area contributed by atoms with Gasteiger partial charge in [0.25, 0.3) is 5.91 Å². The standard InChI is InChI=1S/C22H24F2N2O.C4H4O4/c23-19-3-1-16(2-4-19)7-10-25-11-8-17(9-12-25)14-26-15-18-13-20(24)5-6-21(18)22(26)27;5-3(6)1-2-4(7)8/h1-6,13,17H,7-12,14-15H2;1-2H,(H,5,6)(H,7,8). The number of benzene rings is 2. The molecule has 2 N–H and O–H groups in total. The van der Waals surface area contributed by atoms with Crippen LogP contribution in [0.4, 0.5) is 8.78 Å². The second-order valence-electron chi connectivity index (χ2n) is 8.66. The van der Waals surface area contributed by atoms with Gasteiger partial charge in [-0.3, -0.25) is 4.79 Å². The van der Waals surface area contributed by atoms with Crippen molar-refractivity contribution in [2.45, 2.75) is 25.8 Å². The molecule has 0 radical (unpaired) electrons. The molecule has 35 heavy (non-hydrogen) atoms. The number of hydrogen-bond donors (Lipinski definition) is 2. The molecule has 7 nitrogen and oxygen atoms in total. The maximum absolute atomic E-state index is 13.4. The normalized spacial score (nSPS) is 16.2. The Labute approximate surface area is 202 Å². The van der Waals surface area contributed by atoms with Crippen molar-refractivity contribution in [1.29, 1.82) is 0 Å². The van der Waals surface area contributed by atoms with Gasteiger partial charge < -0.3 is 20.0 Å². The predicted molar refractivity (Wildman–Crippen MR) is 125 cm³/mol. The minimum atomic E-state index is -1.26. The molecule has 186 valence electrons. The van der Waals surface area contributed by atoms with Crippen LogP contribution in [0.5, 0.6) is 0 Å². The van der Waals surface area contributed by atoms with Gasteiger partial charge in [-0.05, 0) is 79.7 Å². The largest absolute Gasteiger partial charge is 0.478 e. The summed E-state index contributed by atoms with van der Waals surface area (Å²) in [5.41, 5.74) is 2.61. The van der Waals surface area contributed by atoms with Gasteiger partial charge in [0.15, 0.2) is 0 Å². The molecule has 0 unspecified atom stereocenters. The fourth-order valence-corrected chi connectivity index (χ4v) is 4.28. The van der Waals surface area contributed by atoms with Crippen molar-refractivity contribution >= 4 is 17.8 Å². The predicted octanol–water partition coefficient (Wildman–Crippen LogP) is 3.59. The summed E-state index contributed by atoms with van der Waals surface area (Å²) in [5, 5.41) is 15.6. The van der Waals surface area contributed by atoms with Gasteiger partial charge in [-0.15, -0.1) is 0 Å². The van der Waals surface area contributed by atoms with Gasteiger partial charge in [-0.1, -0.05) is 12.1 Å². The van der Waals surface area contributed by atoms with Crippen LogP contribution in [-0.4, -0.2) is 64.0 Å². The Kier molecular flexibility index (Phi) is 9.08. The smallest absolute Gasteiger partial charge is 0.328 e. The quantitative estimate of drug-likeness (QED) is 0.581. The lowest BCUT2D eigenvalue weighted by molar-refractivity contribution is -0.134. The number of carboxylic acid groups (broad SMARTS) is 2. The maximum Gasteiger partial charge on any atom is 0.328 e. The van der Waals surface area contributed by atoms with Crippen LogP contribution in [0, 0.1) is 17.6 Å². The lowest BCUT2D eigenvalue weighted by atomic mass is 9.96. The Balaban J connectivity index is 0.000000371. The number of carbonyl (C=O) groups excluding carboxylic acids is 1. The fraction of sp³-hybridized carbons (Fsp3) is 0.346. The van der Waals surface area contributed by atoms with Gasteiger partial charge >= 0.3 is 11.9 Å². The summed E-state index contributed by atoms with van der Waals surface area (Å²) in [6.45, 7) is 4.30. The van der Waals surface area contributed by atoms with Crippen molar-refractivity contribution in [1.82, 2.24) is 9.80 Å². The molecule has 4 rings (SSSR count). The Hall–Kier alpha value is -3.59. The van der Waals surface area contributed by atoms with E-state index in [1.54, 1.807) is 6.07 Å². The average Bonchev–Trinajstić information content (AvgIpc) is 3.13. The zero-order valence-electron chi connectivity index (χ0n) is 19.2. The summed E-state index contributed by atoms with van der Waals surface area (Å²) in [6, 6.07) is 11.2. The summed E-state index contributed by atoms with van der Waals surface area (Å²) < 4.78 is 26.3. The molecule has 0 aromatic heterocycles. The van der Waals surface area contributed by atoms with Crippen LogP contribution in [0.15, 0.2) is 54.6 Å². The number of carboxylic acids is 2. The monoisotopic (exact) mass is 486 g/mol. The van der Waals surface area contributed by atoms with E-state index in [1.165, 1.54) is 24.3 Å². The first-order valence-electron chi connectivity index (χ1n) is 11.4. The van der Waals surface area contributed by atoms with Crippen LogP contribution in [-0.2, 0) is 22.6 Å². The molecule has 0 bridgehead atoms. The molecule has 0 atom stereocenters. The molecule has 1 fully saturated rings. The summed E-state index contributed by atoms with van der Waals surface area (Å²) in [4.78, 5) is 35.9. The minimum absolute atomic E-state index is 0.0312. The highest BCUT2D eigenvalue weighted by molar-refractivity contribution is 5.98. The lowest BCUT2D eigenvalue weighted by Gasteiger charge is -2.33. The van der Waals surface area contributed by atoms with E-state index in [9.17, 15) is 23.2 Å². The van der Waals surface area contributed by atoms with Crippen LogP contribution in [0.25, 0.3) is 0 Å². The molecular weight excluding hydrogens is 458 g/mol. The summed E-state index contributed by atoms with van der Waals surface area (Å²) in [6.07, 6.45) is 4.18. The van der Waals surface area contributed by atoms with Crippen molar-refractivity contribution in [3.63, 3.8) is 0 Å². The van der Waals surface area contributed by atoms with Gasteiger partial charge in [0.2, 0.25) is 0 Å². The molecule has 0 aliphatic carbocycles. The van der Waals surface area contributed by atoms with E-state index in [1.807, 2.05) is 17.0 Å². The Morgan fingerprint density at radius 3 is 2.14 bits per heavy atom. The Bertz CT molecular complexity index is 1060. The second kappa shape index (κ2) is 12.2. The van der Waals surface area contributed by atoms with E-state index in [0.717, 1.165) is 56.6 Å². The van der Waals surface area contributed by atoms with Crippen LogP contribution < -0.4 is 0 Å². The molecule has 1 saturated heterocycles. The molecular formula is C26H28F2N2O5. The van der Waals surface area contributed by atoms with Crippen molar-refractivity contribution in [2.24, 2.45) is 5.92 Å². The molecule has 0 saturated carbocycles. The van der Waals surface area contributed by atoms with E-state index >= 15 is 0 Å². The van der Waals surface area contributed by atoms with Crippen LogP contribution in [0.3, 0.4) is 0 Å². The van der Waals surface area contributed by atoms with Crippen molar-refractivity contribution in [3.05, 3.63) is 82.9 Å². The lowest BCUT2D eigenvalue weighted by Crippen LogP contribution is -2.39. The third kappa shape index (κ3) is 7.99. The minimum Gasteiger partial charge on any atom is -0.478 e. The number of piperidine rings is 1. The molecule has 2 aromatic rings. The third-order valence-corrected chi connectivity index (χ3v) is 6.13. The van der Waals surface area contributed by atoms with Crippen molar-refractivity contribution < 1.29 is 33.4 Å². The molecule has 0 spiro atoms. The molecule has 1 amide bonds. The first-order chi connectivity index (χ1) is 16.7. The van der Waals surface area contributed by atoms with E-state index < -0.39 is 11.9 Å². The van der Waals surface area contributed by atoms with Gasteiger partial charge in [-0.2, -0.15) is 0 Å². The number of fused-ring (bicyclic) bond motifs is 1. The fourth-order valence-electron chi connectivity index (χ4n) is 4.28. The number of aliphatic carboxylic acids is 2. The number of nitrogens with zero attached hydrogens (tertiary/aromatic N) is 2. The highest BCUT2D eigenvalue weighted by Crippen LogP contribution is 2.27. The van der Waals surface area contributed by atoms with Gasteiger partial charge in [0, 0.05) is 37.3 Å². The van der Waals surface area contributed by atoms with Gasteiger partial charge in [-0.25, -0.2) is 18.4 Å². The van der Waals surface area contributed by atoms with Gasteiger partial charge in [0.1, 0.15) is 11.6 Å². The van der Waals surface area contributed by atoms with Crippen molar-refractivity contribution in [2.75, 3.05) is 26.2 Å². The summed E-state index contributed by atoms with van der Waals surface area (Å²) >= 11 is 0. The highest BCUT2D eigenvalue weighted by atomic mass is 19.1. The van der Waals surface area contributed by atoms with E-state index in [4.69, 9.17) is 10.2 Å². The zero-order valence-corrected chi connectivity index (χ0v) is 19.2. The van der Waals surface area contributed by atoms with E-state index in [-0.39, 0.29) is 17.5 Å². The number of amides is 1. The van der Waals surface area contributed by atoms with Crippen molar-refractivity contribution in [3.8, 4) is 0 Å². The molecule has 2 aliphatic heterocycles. The number of rotatable bonds is 7. The molecule has 9 heteroatoms. The van der Waals surface area contributed by atoms with E-state index in [2.05, 4.69) is 4.90 Å². The SMILES string of the molecule is O=C(O)C=CC(=O)O.O=C1c2ccc(F)cc2CN1CC1CCN(CCc2ccc(F)cc2)CC1. The summed E-state index contributed by atoms with van der Waals surface area (Å²) in [5.74, 6) is -2.46. The second-order valence-corrected chi connectivity index (χ2v) is 8.66. The van der Waals surface area contributed by atoms with Crippen LogP contribution >= 0.6 is 0 Å². The summed E-state index contributed by atoms with van der Waals surface area (Å²) in [7, 11) is 0. The number of halogens is 2. The topological polar surface area (TPSA) is 98.1 Å². The Morgan fingerprint density at radius 2 is 1.54 bits per heavy atom. The van der Waals surface area contributed by atoms with E-state index in [0.29, 0.717) is 30.2 Å². The molecule has 2 aromatic carbocycles. The highest BCUT2D eigenvalue weighted by Gasteiger charge is 2.30. The van der Waals surface area contributed by atoms with Crippen LogP contribution in [0.2, 0.25) is 0 Å². The average molecular weight is 487 g/mol. The number of carbonyl (C=O) groups is 3. The first-order valence-corrected chi connectivity index (χ1v) is 11.4. The first kappa shape index (κ1) is 26.0. The third-order valence-electron chi connectivity index (χ3n) is 6.13. The zero-order chi connectivity index (χ0) is 25.4. The Morgan fingerprint density at radius 1 is 0.943 bits per heavy atom. The van der Waals surface area contributed by atoms with Gasteiger partial charge in [0.05, 0.1) is 0 Å².